The van der Waals surface area contributed by atoms with E-state index >= 15 is 0 Å². The average Bonchev–Trinajstić information content (AvgIpc) is 2.55. The van der Waals surface area contributed by atoms with Gasteiger partial charge in [-0.25, -0.2) is 4.79 Å². The number of hydrogen-bond acceptors (Lipinski definition) is 4. The molecule has 0 aliphatic carbocycles. The number of carbonyl (C=O) groups excluding carboxylic acids is 1. The lowest BCUT2D eigenvalue weighted by molar-refractivity contribution is 0.174. The van der Waals surface area contributed by atoms with Gasteiger partial charge in [-0.1, -0.05) is 6.08 Å². The highest BCUT2D eigenvalue weighted by Crippen LogP contribution is 2.27. The van der Waals surface area contributed by atoms with Gasteiger partial charge in [-0.15, -0.1) is 0 Å². The fraction of sp³-hybridized carbons (Fsp3) is 0.364. The molecule has 0 N–H and O–H groups in total. The van der Waals surface area contributed by atoms with Gasteiger partial charge in [0.05, 0.1) is 6.61 Å². The topological polar surface area (TPSA) is 41.9 Å². The Morgan fingerprint density at radius 1 is 1.67 bits per heavy atom. The van der Waals surface area contributed by atoms with E-state index in [2.05, 4.69) is 4.99 Å². The van der Waals surface area contributed by atoms with Crippen molar-refractivity contribution in [1.82, 2.24) is 4.90 Å². The van der Waals surface area contributed by atoms with Gasteiger partial charge in [-0.2, -0.15) is 0 Å². The Morgan fingerprint density at radius 3 is 3.13 bits per heavy atom. The van der Waals surface area contributed by atoms with Crippen molar-refractivity contribution in [2.75, 3.05) is 6.61 Å². The van der Waals surface area contributed by atoms with Crippen LogP contribution in [0.4, 0.5) is 0 Å². The van der Waals surface area contributed by atoms with Gasteiger partial charge in [0.2, 0.25) is 0 Å². The Labute approximate surface area is 88.2 Å². The van der Waals surface area contributed by atoms with E-state index in [0.717, 1.165) is 5.84 Å². The predicted octanol–water partition coefficient (Wildman–Crippen LogP) is 1.25. The van der Waals surface area contributed by atoms with Crippen molar-refractivity contribution in [1.29, 1.82) is 0 Å². The van der Waals surface area contributed by atoms with Gasteiger partial charge in [-0.3, -0.25) is 9.89 Å². The molecule has 0 aromatic rings. The molecule has 0 saturated carbocycles. The summed E-state index contributed by atoms with van der Waals surface area (Å²) in [5.41, 5.74) is 0.508. The van der Waals surface area contributed by atoms with E-state index in [0.29, 0.717) is 18.2 Å². The number of nitrogens with zero attached hydrogens (tertiary/aromatic N) is 2. The molecule has 0 saturated heterocycles. The molecular formula is C11H12N2O2. The molecule has 15 heavy (non-hydrogen) atoms. The number of aliphatic imine (C=N–C) groups is 1. The third-order valence-corrected chi connectivity index (χ3v) is 2.29. The van der Waals surface area contributed by atoms with Crippen molar-refractivity contribution in [2.45, 2.75) is 19.9 Å². The molecule has 4 nitrogen and oxygen atoms in total. The number of ether oxygens (including phenoxy) is 1. The summed E-state index contributed by atoms with van der Waals surface area (Å²) in [6.07, 6.45) is 5.53. The van der Waals surface area contributed by atoms with E-state index in [1.807, 2.05) is 38.0 Å². The van der Waals surface area contributed by atoms with Crippen LogP contribution in [-0.4, -0.2) is 29.3 Å². The first-order valence-corrected chi connectivity index (χ1v) is 4.92. The third-order valence-electron chi connectivity index (χ3n) is 2.29. The number of amidine groups is 1. The van der Waals surface area contributed by atoms with Gasteiger partial charge < -0.3 is 4.74 Å². The van der Waals surface area contributed by atoms with Gasteiger partial charge in [0.15, 0.2) is 5.88 Å². The molecule has 4 heteroatoms. The third kappa shape index (κ3) is 1.49. The molecule has 0 aromatic heterocycles. The lowest BCUT2D eigenvalue weighted by Crippen LogP contribution is -2.28. The highest BCUT2D eigenvalue weighted by molar-refractivity contribution is 6.00. The van der Waals surface area contributed by atoms with Crippen LogP contribution in [0.5, 0.6) is 0 Å². The normalized spacial score (nSPS) is 23.2. The molecule has 0 aromatic carbocycles. The van der Waals surface area contributed by atoms with Crippen molar-refractivity contribution < 1.29 is 9.53 Å². The largest absolute Gasteiger partial charge is 0.479 e. The fourth-order valence-corrected chi connectivity index (χ4v) is 1.66. The van der Waals surface area contributed by atoms with Crippen LogP contribution < -0.4 is 0 Å². The molecule has 2 aliphatic rings. The van der Waals surface area contributed by atoms with Crippen LogP contribution in [0, 0.1) is 0 Å². The lowest BCUT2D eigenvalue weighted by atomic mass is 10.2. The van der Waals surface area contributed by atoms with E-state index in [1.165, 1.54) is 0 Å². The van der Waals surface area contributed by atoms with Crippen LogP contribution >= 0.6 is 0 Å². The Bertz CT molecular complexity index is 414. The van der Waals surface area contributed by atoms with Crippen molar-refractivity contribution in [3.05, 3.63) is 29.8 Å². The zero-order chi connectivity index (χ0) is 10.8. The van der Waals surface area contributed by atoms with Crippen molar-refractivity contribution in [3.63, 3.8) is 0 Å². The molecule has 0 radical (unpaired) electrons. The van der Waals surface area contributed by atoms with E-state index in [1.54, 1.807) is 4.90 Å². The van der Waals surface area contributed by atoms with Crippen LogP contribution in [0.2, 0.25) is 0 Å². The van der Waals surface area contributed by atoms with E-state index in [4.69, 9.17) is 4.74 Å². The second-order valence-electron chi connectivity index (χ2n) is 3.28. The Morgan fingerprint density at radius 2 is 2.47 bits per heavy atom. The Kier molecular flexibility index (Phi) is 2.44. The highest BCUT2D eigenvalue weighted by atomic mass is 16.5. The minimum absolute atomic E-state index is 0.149. The second-order valence-corrected chi connectivity index (χ2v) is 3.28. The second kappa shape index (κ2) is 3.75. The number of allylic oxidation sites excluding steroid dienone is 2. The minimum Gasteiger partial charge on any atom is -0.479 e. The van der Waals surface area contributed by atoms with Gasteiger partial charge in [-0.05, 0) is 26.0 Å². The standard InChI is InChI=1S/C11H12N2O2/c1-3-15-11-6-4-5-10-12-8(2)9(7-14)13(10)11/h4-6,8H,3H2,1-2H3. The SMILES string of the molecule is CCOC1=CC=CC2=NC(C)C(=C=O)N12. The fourth-order valence-electron chi connectivity index (χ4n) is 1.66. The first-order chi connectivity index (χ1) is 7.27. The first kappa shape index (κ1) is 9.74. The predicted molar refractivity (Wildman–Crippen MR) is 56.8 cm³/mol. The average molecular weight is 204 g/mol. The summed E-state index contributed by atoms with van der Waals surface area (Å²) in [6.45, 7) is 4.33. The number of rotatable bonds is 2. The van der Waals surface area contributed by atoms with Crippen molar-refractivity contribution in [3.8, 4) is 0 Å². The Balaban J connectivity index is 2.39. The van der Waals surface area contributed by atoms with Gasteiger partial charge in [0.25, 0.3) is 0 Å². The monoisotopic (exact) mass is 204 g/mol. The first-order valence-electron chi connectivity index (χ1n) is 4.92. The smallest absolute Gasteiger partial charge is 0.200 e. The molecule has 1 unspecified atom stereocenters. The minimum atomic E-state index is -0.149. The molecule has 0 bridgehead atoms. The molecule has 78 valence electrons. The maximum atomic E-state index is 10.8. The molecule has 0 fully saturated rings. The Hall–Kier alpha value is -1.80. The van der Waals surface area contributed by atoms with Crippen LogP contribution in [0.15, 0.2) is 34.8 Å². The van der Waals surface area contributed by atoms with E-state index in [-0.39, 0.29) is 6.04 Å². The lowest BCUT2D eigenvalue weighted by Gasteiger charge is -2.23. The van der Waals surface area contributed by atoms with E-state index < -0.39 is 0 Å². The summed E-state index contributed by atoms with van der Waals surface area (Å²) in [4.78, 5) is 16.9. The van der Waals surface area contributed by atoms with Crippen LogP contribution in [0.1, 0.15) is 13.8 Å². The van der Waals surface area contributed by atoms with Crippen molar-refractivity contribution in [2.24, 2.45) is 4.99 Å². The molecule has 1 atom stereocenters. The van der Waals surface area contributed by atoms with Crippen LogP contribution in [0.3, 0.4) is 0 Å². The number of fused-ring (bicyclic) bond motifs is 1. The quantitative estimate of drug-likeness (QED) is 0.636. The summed E-state index contributed by atoms with van der Waals surface area (Å²) in [7, 11) is 0. The summed E-state index contributed by atoms with van der Waals surface area (Å²) < 4.78 is 5.43. The number of hydrogen-bond donors (Lipinski definition) is 0. The summed E-state index contributed by atoms with van der Waals surface area (Å²) in [5, 5.41) is 0. The van der Waals surface area contributed by atoms with Crippen molar-refractivity contribution >= 4 is 11.8 Å². The summed E-state index contributed by atoms with van der Waals surface area (Å²) in [5.74, 6) is 3.31. The molecule has 2 rings (SSSR count). The summed E-state index contributed by atoms with van der Waals surface area (Å²) in [6, 6.07) is -0.149. The maximum Gasteiger partial charge on any atom is 0.200 e. The van der Waals surface area contributed by atoms with Crippen LogP contribution in [0.25, 0.3) is 0 Å². The summed E-state index contributed by atoms with van der Waals surface area (Å²) >= 11 is 0. The zero-order valence-corrected chi connectivity index (χ0v) is 8.73. The molecule has 0 amide bonds. The van der Waals surface area contributed by atoms with Gasteiger partial charge in [0, 0.05) is 0 Å². The molecule has 2 aliphatic heterocycles. The van der Waals surface area contributed by atoms with Gasteiger partial charge >= 0.3 is 0 Å². The van der Waals surface area contributed by atoms with E-state index in [9.17, 15) is 4.79 Å². The van der Waals surface area contributed by atoms with Crippen LogP contribution in [-0.2, 0) is 9.53 Å². The van der Waals surface area contributed by atoms with Gasteiger partial charge in [0.1, 0.15) is 23.5 Å². The molecular weight excluding hydrogens is 192 g/mol. The molecule has 0 spiro atoms. The highest BCUT2D eigenvalue weighted by Gasteiger charge is 2.32. The maximum absolute atomic E-state index is 10.8. The molecule has 2 heterocycles. The zero-order valence-electron chi connectivity index (χ0n) is 8.73.